The molecule has 0 atom stereocenters. The average molecular weight is 131 g/mol. The predicted molar refractivity (Wildman–Crippen MR) is 21.7 cm³/mol. The van der Waals surface area contributed by atoms with Gasteiger partial charge in [0.2, 0.25) is 0 Å². The second-order valence-electron chi connectivity index (χ2n) is 1.51. The summed E-state index contributed by atoms with van der Waals surface area (Å²) in [6, 6.07) is 0. The van der Waals surface area contributed by atoms with Gasteiger partial charge in [0.1, 0.15) is 0 Å². The summed E-state index contributed by atoms with van der Waals surface area (Å²) in [5.74, 6) is 0. The van der Waals surface area contributed by atoms with Crippen molar-refractivity contribution in [2.24, 2.45) is 0 Å². The van der Waals surface area contributed by atoms with E-state index in [-0.39, 0.29) is 17.1 Å². The van der Waals surface area contributed by atoms with E-state index in [2.05, 4.69) is 0 Å². The van der Waals surface area contributed by atoms with Crippen LogP contribution in [0.3, 0.4) is 0 Å². The molecule has 6 heavy (non-hydrogen) atoms. The fourth-order valence-electron chi connectivity index (χ4n) is 0.381. The van der Waals surface area contributed by atoms with Crippen LogP contribution in [0, 0.1) is 6.58 Å². The van der Waals surface area contributed by atoms with Crippen molar-refractivity contribution in [3.8, 4) is 0 Å². The SMILES string of the molecule is [CH-]=C1CCC1.[Cu+]. The van der Waals surface area contributed by atoms with Gasteiger partial charge in [-0.05, 0) is 0 Å². The number of rotatable bonds is 0. The monoisotopic (exact) mass is 130 g/mol. The van der Waals surface area contributed by atoms with Crippen LogP contribution in [0.15, 0.2) is 5.57 Å². The summed E-state index contributed by atoms with van der Waals surface area (Å²) in [5, 5.41) is 0. The zero-order valence-electron chi connectivity index (χ0n) is 3.50. The summed E-state index contributed by atoms with van der Waals surface area (Å²) < 4.78 is 0. The van der Waals surface area contributed by atoms with Crippen LogP contribution in [0.1, 0.15) is 19.3 Å². The van der Waals surface area contributed by atoms with Gasteiger partial charge in [-0.25, -0.2) is 0 Å². The molecular weight excluding hydrogens is 124 g/mol. The summed E-state index contributed by atoms with van der Waals surface area (Å²) in [5.41, 5.74) is 1.19. The topological polar surface area (TPSA) is 0 Å². The number of hydrogen-bond donors (Lipinski definition) is 0. The van der Waals surface area contributed by atoms with Crippen molar-refractivity contribution in [1.29, 1.82) is 0 Å². The molecule has 1 fully saturated rings. The molecule has 0 aromatic rings. The van der Waals surface area contributed by atoms with Crippen LogP contribution in [0.4, 0.5) is 0 Å². The van der Waals surface area contributed by atoms with Gasteiger partial charge in [0, 0.05) is 0 Å². The normalized spacial score (nSPS) is 18.3. The zero-order chi connectivity index (χ0) is 3.70. The first-order valence-corrected chi connectivity index (χ1v) is 2.00. The Morgan fingerprint density at radius 2 is 1.67 bits per heavy atom. The van der Waals surface area contributed by atoms with E-state index in [0.717, 1.165) is 0 Å². The van der Waals surface area contributed by atoms with Gasteiger partial charge in [-0.1, -0.05) is 19.3 Å². The molecule has 1 aliphatic carbocycles. The molecule has 0 amide bonds. The van der Waals surface area contributed by atoms with E-state index < -0.39 is 0 Å². The largest absolute Gasteiger partial charge is 1.00 e. The molecule has 1 heteroatoms. The Morgan fingerprint density at radius 3 is 1.67 bits per heavy atom. The average Bonchev–Trinajstić information content (AvgIpc) is 1.30. The first-order chi connectivity index (χ1) is 2.39. The molecule has 0 heterocycles. The minimum atomic E-state index is 0. The fraction of sp³-hybridized carbons (Fsp3) is 0.600. The second kappa shape index (κ2) is 2.44. The molecule has 0 aromatic heterocycles. The summed E-state index contributed by atoms with van der Waals surface area (Å²) in [7, 11) is 0. The van der Waals surface area contributed by atoms with Gasteiger partial charge < -0.3 is 6.58 Å². The van der Waals surface area contributed by atoms with Crippen LogP contribution in [0.25, 0.3) is 0 Å². The van der Waals surface area contributed by atoms with Crippen molar-refractivity contribution in [2.75, 3.05) is 0 Å². The quantitative estimate of drug-likeness (QED) is 0.345. The van der Waals surface area contributed by atoms with Crippen molar-refractivity contribution in [3.05, 3.63) is 12.2 Å². The Hall–Kier alpha value is 0.259. The van der Waals surface area contributed by atoms with Crippen LogP contribution in [0.5, 0.6) is 0 Å². The van der Waals surface area contributed by atoms with Crippen molar-refractivity contribution in [3.63, 3.8) is 0 Å². The predicted octanol–water partition coefficient (Wildman–Crippen LogP) is 1.53. The van der Waals surface area contributed by atoms with Gasteiger partial charge in [0.05, 0.1) is 0 Å². The van der Waals surface area contributed by atoms with E-state index in [1.165, 1.54) is 24.8 Å². The van der Waals surface area contributed by atoms with Crippen molar-refractivity contribution in [1.82, 2.24) is 0 Å². The Balaban J connectivity index is 0.000000250. The van der Waals surface area contributed by atoms with E-state index in [4.69, 9.17) is 6.58 Å². The molecular formula is C5H7Cu. The van der Waals surface area contributed by atoms with Crippen LogP contribution in [-0.4, -0.2) is 0 Å². The summed E-state index contributed by atoms with van der Waals surface area (Å²) >= 11 is 0. The Kier molecular flexibility index (Phi) is 2.54. The third-order valence-corrected chi connectivity index (χ3v) is 0.996. The van der Waals surface area contributed by atoms with Crippen molar-refractivity contribution >= 4 is 0 Å². The molecule has 0 spiro atoms. The molecule has 1 rings (SSSR count). The van der Waals surface area contributed by atoms with E-state index in [1.54, 1.807) is 0 Å². The van der Waals surface area contributed by atoms with E-state index >= 15 is 0 Å². The summed E-state index contributed by atoms with van der Waals surface area (Å²) in [6.45, 7) is 5.30. The summed E-state index contributed by atoms with van der Waals surface area (Å²) in [6.07, 6.45) is 3.69. The van der Waals surface area contributed by atoms with Crippen LogP contribution < -0.4 is 0 Å². The Labute approximate surface area is 49.1 Å². The van der Waals surface area contributed by atoms with Gasteiger partial charge in [-0.15, -0.1) is 0 Å². The van der Waals surface area contributed by atoms with Gasteiger partial charge in [0.25, 0.3) is 0 Å². The molecule has 0 nitrogen and oxygen atoms in total. The van der Waals surface area contributed by atoms with Gasteiger partial charge in [-0.3, -0.25) is 5.57 Å². The van der Waals surface area contributed by atoms with E-state index in [1.807, 2.05) is 0 Å². The minimum absolute atomic E-state index is 0. The molecule has 1 saturated carbocycles. The second-order valence-corrected chi connectivity index (χ2v) is 1.51. The molecule has 1 aliphatic rings. The van der Waals surface area contributed by atoms with Crippen LogP contribution >= 0.6 is 0 Å². The van der Waals surface area contributed by atoms with Crippen molar-refractivity contribution in [2.45, 2.75) is 19.3 Å². The third-order valence-electron chi connectivity index (χ3n) is 0.996. The molecule has 0 bridgehead atoms. The summed E-state index contributed by atoms with van der Waals surface area (Å²) in [4.78, 5) is 0. The molecule has 38 valence electrons. The molecule has 0 N–H and O–H groups in total. The Bertz CT molecular complexity index is 51.0. The maximum atomic E-state index is 5.30. The smallest absolute Gasteiger partial charge is 0.514 e. The minimum Gasteiger partial charge on any atom is -0.514 e. The van der Waals surface area contributed by atoms with Crippen LogP contribution in [0.2, 0.25) is 0 Å². The standard InChI is InChI=1S/C5H7.Cu/c1-5-3-2-4-5;/h1H,2-4H2;/q-1;+1. The molecule has 0 aliphatic heterocycles. The molecule has 0 radical (unpaired) electrons. The first-order valence-electron chi connectivity index (χ1n) is 2.00. The fourth-order valence-corrected chi connectivity index (χ4v) is 0.381. The van der Waals surface area contributed by atoms with E-state index in [0.29, 0.717) is 0 Å². The zero-order valence-corrected chi connectivity index (χ0v) is 4.44. The molecule has 0 saturated heterocycles. The maximum absolute atomic E-state index is 5.30. The third kappa shape index (κ3) is 1.15. The Morgan fingerprint density at radius 1 is 1.33 bits per heavy atom. The molecule has 0 aromatic carbocycles. The van der Waals surface area contributed by atoms with E-state index in [9.17, 15) is 0 Å². The maximum Gasteiger partial charge on any atom is 1.00 e. The van der Waals surface area contributed by atoms with Gasteiger partial charge >= 0.3 is 17.1 Å². The van der Waals surface area contributed by atoms with Gasteiger partial charge in [0.15, 0.2) is 0 Å². The molecule has 0 unspecified atom stereocenters. The number of allylic oxidation sites excluding steroid dienone is 1. The van der Waals surface area contributed by atoms with Crippen molar-refractivity contribution < 1.29 is 17.1 Å². The van der Waals surface area contributed by atoms with Gasteiger partial charge in [-0.2, -0.15) is 0 Å². The van der Waals surface area contributed by atoms with Crippen LogP contribution in [-0.2, 0) is 17.1 Å². The number of hydrogen-bond acceptors (Lipinski definition) is 0. The first kappa shape index (κ1) is 6.26.